The lowest BCUT2D eigenvalue weighted by molar-refractivity contribution is -0.140. The first-order valence-corrected chi connectivity index (χ1v) is 14.7. The molecule has 0 spiro atoms. The van der Waals surface area contributed by atoms with Crippen molar-refractivity contribution in [1.82, 2.24) is 10.2 Å². The van der Waals surface area contributed by atoms with Crippen LogP contribution in [-0.2, 0) is 26.2 Å². The molecule has 0 heterocycles. The Balaban J connectivity index is 1.94. The summed E-state index contributed by atoms with van der Waals surface area (Å²) >= 11 is 3.39. The van der Waals surface area contributed by atoms with Gasteiger partial charge in [0.25, 0.3) is 0 Å². The summed E-state index contributed by atoms with van der Waals surface area (Å²) in [6.07, 6.45) is 5.46. The van der Waals surface area contributed by atoms with Gasteiger partial charge in [0.1, 0.15) is 18.3 Å². The molecule has 196 valence electrons. The second kappa shape index (κ2) is 12.6. The van der Waals surface area contributed by atoms with Gasteiger partial charge in [0.2, 0.25) is 21.8 Å². The highest BCUT2D eigenvalue weighted by atomic mass is 79.9. The van der Waals surface area contributed by atoms with E-state index in [0.717, 1.165) is 41.8 Å². The predicted molar refractivity (Wildman–Crippen MR) is 144 cm³/mol. The molecule has 0 radical (unpaired) electrons. The van der Waals surface area contributed by atoms with E-state index in [-0.39, 0.29) is 18.5 Å². The second-order valence-electron chi connectivity index (χ2n) is 9.01. The summed E-state index contributed by atoms with van der Waals surface area (Å²) in [5.41, 5.74) is 1.14. The maximum Gasteiger partial charge on any atom is 0.244 e. The minimum Gasteiger partial charge on any atom is -0.497 e. The Morgan fingerprint density at radius 1 is 1.14 bits per heavy atom. The van der Waals surface area contributed by atoms with Gasteiger partial charge in [0.15, 0.2) is 0 Å². The molecule has 0 bridgehead atoms. The van der Waals surface area contributed by atoms with Crippen molar-refractivity contribution in [2.45, 2.75) is 57.7 Å². The largest absolute Gasteiger partial charge is 0.497 e. The molecule has 1 atom stereocenters. The SMILES string of the molecule is CC[C@@H](C(=O)NC1CCCC1)N(Cc1cccc(OC)c1)C(=O)CN(c1ccccc1Br)S(C)(=O)=O. The topological polar surface area (TPSA) is 96.0 Å². The van der Waals surface area contributed by atoms with Crippen LogP contribution in [0.3, 0.4) is 0 Å². The van der Waals surface area contributed by atoms with Crippen LogP contribution < -0.4 is 14.4 Å². The molecule has 0 aliphatic heterocycles. The van der Waals surface area contributed by atoms with Gasteiger partial charge in [-0.1, -0.05) is 44.0 Å². The molecule has 1 aliphatic rings. The number of ether oxygens (including phenoxy) is 1. The summed E-state index contributed by atoms with van der Waals surface area (Å²) in [4.78, 5) is 28.6. The van der Waals surface area contributed by atoms with Crippen molar-refractivity contribution in [2.75, 3.05) is 24.2 Å². The van der Waals surface area contributed by atoms with Crippen LogP contribution in [0, 0.1) is 0 Å². The van der Waals surface area contributed by atoms with Gasteiger partial charge in [-0.25, -0.2) is 8.42 Å². The Morgan fingerprint density at radius 3 is 2.44 bits per heavy atom. The average Bonchev–Trinajstić information content (AvgIpc) is 3.35. The third-order valence-electron chi connectivity index (χ3n) is 6.37. The van der Waals surface area contributed by atoms with Gasteiger partial charge in [-0.2, -0.15) is 0 Å². The van der Waals surface area contributed by atoms with Crippen molar-refractivity contribution in [3.63, 3.8) is 0 Å². The first-order valence-electron chi connectivity index (χ1n) is 12.1. The lowest BCUT2D eigenvalue weighted by atomic mass is 10.1. The number of nitrogens with one attached hydrogen (secondary N) is 1. The summed E-state index contributed by atoms with van der Waals surface area (Å²) < 4.78 is 32.4. The molecule has 2 aromatic rings. The van der Waals surface area contributed by atoms with E-state index < -0.39 is 28.5 Å². The van der Waals surface area contributed by atoms with Crippen molar-refractivity contribution in [3.8, 4) is 5.75 Å². The molecule has 1 aliphatic carbocycles. The summed E-state index contributed by atoms with van der Waals surface area (Å²) in [5.74, 6) is -0.0470. The number of hydrogen-bond donors (Lipinski definition) is 1. The maximum absolute atomic E-state index is 13.8. The van der Waals surface area contributed by atoms with Gasteiger partial charge < -0.3 is 15.0 Å². The number of anilines is 1. The van der Waals surface area contributed by atoms with E-state index in [1.54, 1.807) is 37.4 Å². The van der Waals surface area contributed by atoms with Crippen molar-refractivity contribution in [1.29, 1.82) is 0 Å². The van der Waals surface area contributed by atoms with Crippen LogP contribution in [-0.4, -0.2) is 57.1 Å². The zero-order valence-corrected chi connectivity index (χ0v) is 23.3. The van der Waals surface area contributed by atoms with E-state index in [4.69, 9.17) is 4.74 Å². The minimum absolute atomic E-state index is 0.105. The van der Waals surface area contributed by atoms with Gasteiger partial charge in [0.05, 0.1) is 19.1 Å². The first kappa shape index (κ1) is 28.0. The molecule has 0 saturated heterocycles. The van der Waals surface area contributed by atoms with E-state index in [2.05, 4.69) is 21.2 Å². The Hall–Kier alpha value is -2.59. The van der Waals surface area contributed by atoms with Crippen LogP contribution in [0.2, 0.25) is 0 Å². The van der Waals surface area contributed by atoms with Crippen molar-refractivity contribution < 1.29 is 22.7 Å². The van der Waals surface area contributed by atoms with E-state index in [1.165, 1.54) is 4.90 Å². The zero-order valence-electron chi connectivity index (χ0n) is 20.9. The number of halogens is 1. The summed E-state index contributed by atoms with van der Waals surface area (Å²) in [6, 6.07) is 13.5. The average molecular weight is 581 g/mol. The molecule has 36 heavy (non-hydrogen) atoms. The molecule has 10 heteroatoms. The molecular weight excluding hydrogens is 546 g/mol. The number of methoxy groups -OCH3 is 1. The predicted octanol–water partition coefficient (Wildman–Crippen LogP) is 4.09. The van der Waals surface area contributed by atoms with Crippen molar-refractivity contribution in [3.05, 3.63) is 58.6 Å². The van der Waals surface area contributed by atoms with E-state index in [9.17, 15) is 18.0 Å². The summed E-state index contributed by atoms with van der Waals surface area (Å²) in [7, 11) is -2.23. The molecular formula is C26H34BrN3O5S. The molecule has 0 unspecified atom stereocenters. The minimum atomic E-state index is -3.79. The van der Waals surface area contributed by atoms with E-state index in [1.807, 2.05) is 25.1 Å². The van der Waals surface area contributed by atoms with Gasteiger partial charge >= 0.3 is 0 Å². The Bertz CT molecular complexity index is 1170. The van der Waals surface area contributed by atoms with Gasteiger partial charge in [-0.3, -0.25) is 13.9 Å². The number of amides is 2. The van der Waals surface area contributed by atoms with E-state index in [0.29, 0.717) is 22.3 Å². The highest BCUT2D eigenvalue weighted by molar-refractivity contribution is 9.10. The first-order chi connectivity index (χ1) is 17.1. The molecule has 1 saturated carbocycles. The van der Waals surface area contributed by atoms with Crippen molar-refractivity contribution >= 4 is 43.5 Å². The second-order valence-corrected chi connectivity index (χ2v) is 11.8. The highest BCUT2D eigenvalue weighted by Gasteiger charge is 2.33. The number of carbonyl (C=O) groups is 2. The normalized spacial score (nSPS) is 14.8. The lowest BCUT2D eigenvalue weighted by Gasteiger charge is -2.33. The van der Waals surface area contributed by atoms with Crippen LogP contribution >= 0.6 is 15.9 Å². The Morgan fingerprint density at radius 2 is 1.83 bits per heavy atom. The molecule has 8 nitrogen and oxygen atoms in total. The van der Waals surface area contributed by atoms with E-state index >= 15 is 0 Å². The molecule has 1 fully saturated rings. The quantitative estimate of drug-likeness (QED) is 0.432. The molecule has 1 N–H and O–H groups in total. The number of benzene rings is 2. The van der Waals surface area contributed by atoms with Crippen LogP contribution in [0.1, 0.15) is 44.6 Å². The molecule has 3 rings (SSSR count). The summed E-state index contributed by atoms with van der Waals surface area (Å²) in [5, 5.41) is 3.10. The number of carbonyl (C=O) groups excluding carboxylic acids is 2. The van der Waals surface area contributed by atoms with Crippen molar-refractivity contribution in [2.24, 2.45) is 0 Å². The van der Waals surface area contributed by atoms with Crippen LogP contribution in [0.15, 0.2) is 53.0 Å². The van der Waals surface area contributed by atoms with Crippen LogP contribution in [0.5, 0.6) is 5.75 Å². The molecule has 2 aromatic carbocycles. The number of nitrogens with zero attached hydrogens (tertiary/aromatic N) is 2. The van der Waals surface area contributed by atoms with Crippen LogP contribution in [0.25, 0.3) is 0 Å². The lowest BCUT2D eigenvalue weighted by Crippen LogP contribution is -2.53. The van der Waals surface area contributed by atoms with Gasteiger partial charge in [0, 0.05) is 17.1 Å². The smallest absolute Gasteiger partial charge is 0.244 e. The third-order valence-corrected chi connectivity index (χ3v) is 8.17. The van der Waals surface area contributed by atoms with Gasteiger partial charge in [-0.15, -0.1) is 0 Å². The Kier molecular flexibility index (Phi) is 9.78. The highest BCUT2D eigenvalue weighted by Crippen LogP contribution is 2.28. The summed E-state index contributed by atoms with van der Waals surface area (Å²) in [6.45, 7) is 1.56. The third kappa shape index (κ3) is 7.22. The number of para-hydroxylation sites is 1. The standard InChI is InChI=1S/C26H34BrN3O5S/c1-4-23(26(32)28-20-11-5-6-12-20)29(17-19-10-9-13-21(16-19)35-2)25(31)18-30(36(3,33)34)24-15-8-7-14-22(24)27/h7-10,13-16,20,23H,4-6,11-12,17-18H2,1-3H3,(H,28,32)/t23-/m0/s1. The number of sulfonamides is 1. The van der Waals surface area contributed by atoms with Crippen LogP contribution in [0.4, 0.5) is 5.69 Å². The number of hydrogen-bond acceptors (Lipinski definition) is 5. The zero-order chi connectivity index (χ0) is 26.3. The maximum atomic E-state index is 13.8. The Labute approximate surface area is 222 Å². The monoisotopic (exact) mass is 579 g/mol. The fourth-order valence-electron chi connectivity index (χ4n) is 4.50. The fraction of sp³-hybridized carbons (Fsp3) is 0.462. The number of rotatable bonds is 11. The fourth-order valence-corrected chi connectivity index (χ4v) is 5.98. The molecule has 0 aromatic heterocycles. The van der Waals surface area contributed by atoms with Gasteiger partial charge in [-0.05, 0) is 65.0 Å². The molecule has 2 amide bonds.